The highest BCUT2D eigenvalue weighted by Gasteiger charge is 2.25. The maximum Gasteiger partial charge on any atom is 0.241 e. The first kappa shape index (κ1) is 21.8. The summed E-state index contributed by atoms with van der Waals surface area (Å²) in [5.74, 6) is 1.36. The van der Waals surface area contributed by atoms with Gasteiger partial charge in [0.05, 0.1) is 10.9 Å². The second-order valence-electron chi connectivity index (χ2n) is 6.59. The van der Waals surface area contributed by atoms with Gasteiger partial charge in [0.25, 0.3) is 0 Å². The van der Waals surface area contributed by atoms with Gasteiger partial charge >= 0.3 is 0 Å². The molecule has 0 amide bonds. The number of benzene rings is 2. The highest BCUT2D eigenvalue weighted by Crippen LogP contribution is 2.26. The molecule has 1 aromatic heterocycles. The minimum atomic E-state index is -3.71. The number of nitrogens with one attached hydrogen (secondary N) is 1. The van der Waals surface area contributed by atoms with Gasteiger partial charge in [-0.3, -0.25) is 0 Å². The lowest BCUT2D eigenvalue weighted by atomic mass is 10.2. The zero-order valence-corrected chi connectivity index (χ0v) is 18.6. The Bertz CT molecular complexity index is 1040. The van der Waals surface area contributed by atoms with Crippen LogP contribution in [-0.2, 0) is 22.8 Å². The van der Waals surface area contributed by atoms with Gasteiger partial charge in [-0.2, -0.15) is 0 Å². The third kappa shape index (κ3) is 5.60. The lowest BCUT2D eigenvalue weighted by molar-refractivity contribution is 0.505. The molecule has 2 aromatic carbocycles. The Balaban J connectivity index is 1.78. The maximum absolute atomic E-state index is 12.8. The molecule has 0 aliphatic heterocycles. The number of nitrogens with zero attached hydrogens (tertiary/aromatic N) is 3. The molecule has 0 aliphatic rings. The molecule has 0 radical (unpaired) electrons. The lowest BCUT2D eigenvalue weighted by Crippen LogP contribution is -2.30. The van der Waals surface area contributed by atoms with E-state index < -0.39 is 16.1 Å². The van der Waals surface area contributed by atoms with Crippen molar-refractivity contribution in [3.63, 3.8) is 0 Å². The summed E-state index contributed by atoms with van der Waals surface area (Å²) in [6.07, 6.45) is 1.41. The van der Waals surface area contributed by atoms with Crippen LogP contribution in [0.1, 0.15) is 37.2 Å². The van der Waals surface area contributed by atoms with Crippen molar-refractivity contribution in [3.05, 3.63) is 71.0 Å². The summed E-state index contributed by atoms with van der Waals surface area (Å²) < 4.78 is 30.3. The van der Waals surface area contributed by atoms with Crippen molar-refractivity contribution in [1.29, 1.82) is 0 Å². The molecule has 1 atom stereocenters. The Hall–Kier alpha value is -1.87. The van der Waals surface area contributed by atoms with E-state index >= 15 is 0 Å². The van der Waals surface area contributed by atoms with E-state index in [9.17, 15) is 8.42 Å². The Morgan fingerprint density at radius 3 is 2.45 bits per heavy atom. The normalized spacial score (nSPS) is 12.8. The summed E-state index contributed by atoms with van der Waals surface area (Å²) in [4.78, 5) is 0.170. The van der Waals surface area contributed by atoms with Crippen LogP contribution in [0.3, 0.4) is 0 Å². The van der Waals surface area contributed by atoms with Gasteiger partial charge < -0.3 is 4.57 Å². The SMILES string of the molecule is CCCC(NS(=O)(=O)c1ccc(Cl)cc1)c1nnc(SCc2ccccc2)n1C. The van der Waals surface area contributed by atoms with E-state index in [2.05, 4.69) is 27.1 Å². The smallest absolute Gasteiger partial charge is 0.241 e. The number of aromatic nitrogens is 3. The van der Waals surface area contributed by atoms with Gasteiger partial charge in [0.15, 0.2) is 11.0 Å². The second-order valence-corrected chi connectivity index (χ2v) is 9.68. The summed E-state index contributed by atoms with van der Waals surface area (Å²) in [5.41, 5.74) is 1.19. The summed E-state index contributed by atoms with van der Waals surface area (Å²) in [5, 5.41) is 9.79. The van der Waals surface area contributed by atoms with E-state index in [1.54, 1.807) is 23.9 Å². The molecule has 1 heterocycles. The maximum atomic E-state index is 12.8. The number of halogens is 1. The monoisotopic (exact) mass is 450 g/mol. The first-order valence-electron chi connectivity index (χ1n) is 9.24. The third-order valence-electron chi connectivity index (χ3n) is 4.39. The van der Waals surface area contributed by atoms with Gasteiger partial charge in [0, 0.05) is 17.8 Å². The summed E-state index contributed by atoms with van der Waals surface area (Å²) >= 11 is 7.44. The number of sulfonamides is 1. The molecule has 0 spiro atoms. The Labute approximate surface area is 180 Å². The van der Waals surface area contributed by atoms with Crippen molar-refractivity contribution in [2.75, 3.05) is 0 Å². The molecule has 6 nitrogen and oxygen atoms in total. The molecular weight excluding hydrogens is 428 g/mol. The highest BCUT2D eigenvalue weighted by molar-refractivity contribution is 7.98. The van der Waals surface area contributed by atoms with Crippen LogP contribution in [-0.4, -0.2) is 23.2 Å². The largest absolute Gasteiger partial charge is 0.308 e. The molecule has 1 N–H and O–H groups in total. The molecule has 3 rings (SSSR count). The van der Waals surface area contributed by atoms with Crippen LogP contribution in [0.4, 0.5) is 0 Å². The van der Waals surface area contributed by atoms with Gasteiger partial charge in [-0.1, -0.05) is 67.0 Å². The fraction of sp³-hybridized carbons (Fsp3) is 0.300. The van der Waals surface area contributed by atoms with Crippen molar-refractivity contribution in [2.24, 2.45) is 7.05 Å². The summed E-state index contributed by atoms with van der Waals surface area (Å²) in [6.45, 7) is 2.00. The van der Waals surface area contributed by atoms with E-state index in [-0.39, 0.29) is 4.90 Å². The van der Waals surface area contributed by atoms with Crippen molar-refractivity contribution >= 4 is 33.4 Å². The van der Waals surface area contributed by atoms with E-state index in [0.717, 1.165) is 17.3 Å². The topological polar surface area (TPSA) is 76.9 Å². The first-order chi connectivity index (χ1) is 13.9. The van der Waals surface area contributed by atoms with Crippen molar-refractivity contribution in [1.82, 2.24) is 19.5 Å². The third-order valence-corrected chi connectivity index (χ3v) is 7.22. The number of thioether (sulfide) groups is 1. The quantitative estimate of drug-likeness (QED) is 0.483. The standard InChI is InChI=1S/C20H23ClN4O2S2/c1-3-7-18(24-29(26,27)17-12-10-16(21)11-13-17)19-22-23-20(25(19)2)28-14-15-8-5-4-6-9-15/h4-6,8-13,18,24H,3,7,14H2,1-2H3. The van der Waals surface area contributed by atoms with Crippen LogP contribution in [0, 0.1) is 0 Å². The number of hydrogen-bond acceptors (Lipinski definition) is 5. The predicted molar refractivity (Wildman–Crippen MR) is 116 cm³/mol. The molecule has 0 saturated carbocycles. The molecule has 0 saturated heterocycles. The zero-order valence-electron chi connectivity index (χ0n) is 16.2. The summed E-state index contributed by atoms with van der Waals surface area (Å²) in [6, 6.07) is 15.7. The average molecular weight is 451 g/mol. The van der Waals surface area contributed by atoms with Crippen LogP contribution < -0.4 is 4.72 Å². The van der Waals surface area contributed by atoms with Crippen molar-refractivity contribution in [2.45, 2.75) is 41.6 Å². The highest BCUT2D eigenvalue weighted by atomic mass is 35.5. The van der Waals surface area contributed by atoms with E-state index in [1.165, 1.54) is 17.7 Å². The number of rotatable bonds is 9. The average Bonchev–Trinajstić information content (AvgIpc) is 3.07. The van der Waals surface area contributed by atoms with Gasteiger partial charge in [-0.05, 0) is 36.2 Å². The van der Waals surface area contributed by atoms with Gasteiger partial charge in [-0.25, -0.2) is 13.1 Å². The zero-order chi connectivity index (χ0) is 20.9. The van der Waals surface area contributed by atoms with Crippen LogP contribution in [0.5, 0.6) is 0 Å². The predicted octanol–water partition coefficient (Wildman–Crippen LogP) is 4.58. The lowest BCUT2D eigenvalue weighted by Gasteiger charge is -2.18. The molecule has 0 aliphatic carbocycles. The van der Waals surface area contributed by atoms with E-state index in [0.29, 0.717) is 17.3 Å². The van der Waals surface area contributed by atoms with Crippen LogP contribution >= 0.6 is 23.4 Å². The van der Waals surface area contributed by atoms with Crippen LogP contribution in [0.15, 0.2) is 64.6 Å². The van der Waals surface area contributed by atoms with Crippen LogP contribution in [0.2, 0.25) is 5.02 Å². The van der Waals surface area contributed by atoms with Gasteiger partial charge in [0.2, 0.25) is 10.0 Å². The molecular formula is C20H23ClN4O2S2. The molecule has 0 bridgehead atoms. The molecule has 3 aromatic rings. The Morgan fingerprint density at radius 2 is 1.79 bits per heavy atom. The van der Waals surface area contributed by atoms with E-state index in [1.807, 2.05) is 36.7 Å². The van der Waals surface area contributed by atoms with Crippen molar-refractivity contribution < 1.29 is 8.42 Å². The Morgan fingerprint density at radius 1 is 1.10 bits per heavy atom. The minimum absolute atomic E-state index is 0.170. The molecule has 29 heavy (non-hydrogen) atoms. The van der Waals surface area contributed by atoms with Crippen molar-refractivity contribution in [3.8, 4) is 0 Å². The van der Waals surface area contributed by atoms with E-state index in [4.69, 9.17) is 11.6 Å². The fourth-order valence-corrected chi connectivity index (χ4v) is 5.10. The molecule has 154 valence electrons. The molecule has 0 fully saturated rings. The fourth-order valence-electron chi connectivity index (χ4n) is 2.88. The molecule has 9 heteroatoms. The summed E-state index contributed by atoms with van der Waals surface area (Å²) in [7, 11) is -1.84. The number of hydrogen-bond donors (Lipinski definition) is 1. The van der Waals surface area contributed by atoms with Crippen LogP contribution in [0.25, 0.3) is 0 Å². The van der Waals surface area contributed by atoms with Gasteiger partial charge in [-0.15, -0.1) is 10.2 Å². The van der Waals surface area contributed by atoms with Gasteiger partial charge in [0.1, 0.15) is 0 Å². The molecule has 1 unspecified atom stereocenters. The first-order valence-corrected chi connectivity index (χ1v) is 12.1. The second kappa shape index (κ2) is 9.75. The minimum Gasteiger partial charge on any atom is -0.308 e. The Kier molecular flexibility index (Phi) is 7.34.